The van der Waals surface area contributed by atoms with Gasteiger partial charge in [-0.15, -0.1) is 0 Å². The number of hydrogen-bond acceptors (Lipinski definition) is 6. The first-order valence-electron chi connectivity index (χ1n) is 8.43. The van der Waals surface area contributed by atoms with Gasteiger partial charge >= 0.3 is 5.97 Å². The van der Waals surface area contributed by atoms with E-state index in [2.05, 4.69) is 5.32 Å². The number of anilines is 1. The normalized spacial score (nSPS) is 11.0. The van der Waals surface area contributed by atoms with Crippen LogP contribution in [0.4, 0.5) is 5.69 Å². The number of methoxy groups -OCH3 is 1. The predicted molar refractivity (Wildman–Crippen MR) is 104 cm³/mol. The van der Waals surface area contributed by atoms with Gasteiger partial charge in [-0.3, -0.25) is 4.79 Å². The van der Waals surface area contributed by atoms with Crippen molar-refractivity contribution in [3.8, 4) is 5.75 Å². The van der Waals surface area contributed by atoms with Gasteiger partial charge in [0.2, 0.25) is 10.0 Å². The third-order valence-electron chi connectivity index (χ3n) is 4.06. The van der Waals surface area contributed by atoms with Crippen molar-refractivity contribution in [2.75, 3.05) is 19.0 Å². The van der Waals surface area contributed by atoms with Crippen molar-refractivity contribution in [1.82, 2.24) is 0 Å². The number of hydrogen-bond donors (Lipinski definition) is 2. The van der Waals surface area contributed by atoms with Crippen molar-refractivity contribution < 1.29 is 27.5 Å². The van der Waals surface area contributed by atoms with Gasteiger partial charge in [-0.2, -0.15) is 0 Å². The van der Waals surface area contributed by atoms with Gasteiger partial charge in [0.1, 0.15) is 11.3 Å². The molecule has 8 nitrogen and oxygen atoms in total. The zero-order valence-corrected chi connectivity index (χ0v) is 16.6. The molecular weight excluding hydrogens is 384 g/mol. The first-order valence-corrected chi connectivity index (χ1v) is 9.98. The van der Waals surface area contributed by atoms with E-state index in [0.29, 0.717) is 5.69 Å². The van der Waals surface area contributed by atoms with E-state index in [0.717, 1.165) is 23.6 Å². The molecule has 0 heterocycles. The van der Waals surface area contributed by atoms with E-state index in [1.54, 1.807) is 0 Å². The van der Waals surface area contributed by atoms with Gasteiger partial charge in [-0.1, -0.05) is 25.1 Å². The molecule has 28 heavy (non-hydrogen) atoms. The summed E-state index contributed by atoms with van der Waals surface area (Å²) in [6, 6.07) is 9.21. The number of carbonyl (C=O) groups is 2. The van der Waals surface area contributed by atoms with Crippen LogP contribution < -0.4 is 15.2 Å². The SMILES string of the molecule is CCc1cccc(C)c1NC(=O)COC(=O)c1cc(S(N)(=O)=O)ccc1OC. The standard InChI is InChI=1S/C19H22N2O6S/c1-4-13-7-5-6-12(2)18(13)21-17(22)11-27-19(23)15-10-14(28(20,24)25)8-9-16(15)26-3/h5-10H,4,11H2,1-3H3,(H,21,22)(H2,20,24,25). The van der Waals surface area contributed by atoms with Crippen LogP contribution in [-0.2, 0) is 26.0 Å². The molecule has 2 rings (SSSR count). The number of esters is 1. The van der Waals surface area contributed by atoms with E-state index in [4.69, 9.17) is 14.6 Å². The first kappa shape index (κ1) is 21.4. The monoisotopic (exact) mass is 406 g/mol. The summed E-state index contributed by atoms with van der Waals surface area (Å²) in [6.07, 6.45) is 0.731. The summed E-state index contributed by atoms with van der Waals surface area (Å²) < 4.78 is 33.0. The van der Waals surface area contributed by atoms with Crippen molar-refractivity contribution in [1.29, 1.82) is 0 Å². The number of rotatable bonds is 7. The van der Waals surface area contributed by atoms with Gasteiger partial charge in [0.25, 0.3) is 5.91 Å². The Balaban J connectivity index is 2.13. The lowest BCUT2D eigenvalue weighted by Gasteiger charge is -2.13. The molecule has 0 saturated carbocycles. The number of aryl methyl sites for hydroxylation is 2. The second-order valence-corrected chi connectivity index (χ2v) is 7.56. The molecule has 0 radical (unpaired) electrons. The highest BCUT2D eigenvalue weighted by Gasteiger charge is 2.20. The van der Waals surface area contributed by atoms with Crippen LogP contribution in [-0.4, -0.2) is 34.0 Å². The van der Waals surface area contributed by atoms with Crippen LogP contribution in [0.3, 0.4) is 0 Å². The van der Waals surface area contributed by atoms with Gasteiger partial charge in [-0.05, 0) is 42.7 Å². The number of benzene rings is 2. The first-order chi connectivity index (χ1) is 13.2. The summed E-state index contributed by atoms with van der Waals surface area (Å²) in [5, 5.41) is 7.82. The van der Waals surface area contributed by atoms with Crippen molar-refractivity contribution in [2.24, 2.45) is 5.14 Å². The van der Waals surface area contributed by atoms with Crippen LogP contribution >= 0.6 is 0 Å². The molecule has 0 unspecified atom stereocenters. The Bertz CT molecular complexity index is 1000. The molecule has 9 heteroatoms. The van der Waals surface area contributed by atoms with Crippen LogP contribution in [0.1, 0.15) is 28.4 Å². The van der Waals surface area contributed by atoms with Crippen LogP contribution in [0, 0.1) is 6.92 Å². The van der Waals surface area contributed by atoms with Crippen LogP contribution in [0.15, 0.2) is 41.3 Å². The molecule has 0 aliphatic carbocycles. The average molecular weight is 406 g/mol. The maximum atomic E-state index is 12.3. The number of para-hydroxylation sites is 1. The maximum absolute atomic E-state index is 12.3. The lowest BCUT2D eigenvalue weighted by Crippen LogP contribution is -2.22. The lowest BCUT2D eigenvalue weighted by atomic mass is 10.1. The molecule has 0 fully saturated rings. The van der Waals surface area contributed by atoms with Crippen molar-refractivity contribution in [2.45, 2.75) is 25.2 Å². The molecular formula is C19H22N2O6S. The smallest absolute Gasteiger partial charge is 0.342 e. The topological polar surface area (TPSA) is 125 Å². The zero-order valence-electron chi connectivity index (χ0n) is 15.8. The Hall–Kier alpha value is -2.91. The van der Waals surface area contributed by atoms with Gasteiger partial charge < -0.3 is 14.8 Å². The fourth-order valence-electron chi connectivity index (χ4n) is 2.61. The van der Waals surface area contributed by atoms with Crippen LogP contribution in [0.5, 0.6) is 5.75 Å². The third kappa shape index (κ3) is 5.08. The molecule has 0 saturated heterocycles. The number of carbonyl (C=O) groups excluding carboxylic acids is 2. The van der Waals surface area contributed by atoms with E-state index in [-0.39, 0.29) is 16.2 Å². The molecule has 0 spiro atoms. The highest BCUT2D eigenvalue weighted by molar-refractivity contribution is 7.89. The number of ether oxygens (including phenoxy) is 2. The molecule has 2 aromatic rings. The highest BCUT2D eigenvalue weighted by atomic mass is 32.2. The summed E-state index contributed by atoms with van der Waals surface area (Å²) in [6.45, 7) is 3.29. The Labute approximate surface area is 163 Å². The fourth-order valence-corrected chi connectivity index (χ4v) is 3.15. The van der Waals surface area contributed by atoms with Crippen molar-refractivity contribution >= 4 is 27.6 Å². The number of primary sulfonamides is 1. The van der Waals surface area contributed by atoms with Crippen LogP contribution in [0.25, 0.3) is 0 Å². The van der Waals surface area contributed by atoms with E-state index in [9.17, 15) is 18.0 Å². The summed E-state index contributed by atoms with van der Waals surface area (Å²) in [7, 11) is -2.69. The van der Waals surface area contributed by atoms with Crippen LogP contribution in [0.2, 0.25) is 0 Å². The van der Waals surface area contributed by atoms with Gasteiger partial charge in [0, 0.05) is 5.69 Å². The van der Waals surface area contributed by atoms with Crippen molar-refractivity contribution in [3.05, 3.63) is 53.1 Å². The Morgan fingerprint density at radius 3 is 2.50 bits per heavy atom. The van der Waals surface area contributed by atoms with E-state index < -0.39 is 28.5 Å². The van der Waals surface area contributed by atoms with E-state index >= 15 is 0 Å². The molecule has 0 aliphatic heterocycles. The molecule has 0 aliphatic rings. The Morgan fingerprint density at radius 2 is 1.89 bits per heavy atom. The summed E-state index contributed by atoms with van der Waals surface area (Å²) in [5.41, 5.74) is 2.38. The van der Waals surface area contributed by atoms with E-state index in [1.165, 1.54) is 19.2 Å². The number of sulfonamides is 1. The van der Waals surface area contributed by atoms with Gasteiger partial charge in [0.15, 0.2) is 6.61 Å². The second kappa shape index (κ2) is 8.85. The largest absolute Gasteiger partial charge is 0.496 e. The zero-order chi connectivity index (χ0) is 20.9. The fraction of sp³-hybridized carbons (Fsp3) is 0.263. The quantitative estimate of drug-likeness (QED) is 0.678. The third-order valence-corrected chi connectivity index (χ3v) is 4.97. The molecule has 150 valence electrons. The minimum absolute atomic E-state index is 0.102. The molecule has 3 N–H and O–H groups in total. The minimum Gasteiger partial charge on any atom is -0.496 e. The second-order valence-electron chi connectivity index (χ2n) is 5.99. The highest BCUT2D eigenvalue weighted by Crippen LogP contribution is 2.23. The van der Waals surface area contributed by atoms with Crippen molar-refractivity contribution in [3.63, 3.8) is 0 Å². The molecule has 1 amide bonds. The molecule has 0 atom stereocenters. The molecule has 0 bridgehead atoms. The summed E-state index contributed by atoms with van der Waals surface area (Å²) in [5.74, 6) is -1.32. The molecule has 0 aromatic heterocycles. The van der Waals surface area contributed by atoms with Gasteiger partial charge in [0.05, 0.1) is 12.0 Å². The maximum Gasteiger partial charge on any atom is 0.342 e. The lowest BCUT2D eigenvalue weighted by molar-refractivity contribution is -0.119. The minimum atomic E-state index is -4.01. The number of amides is 1. The Kier molecular flexibility index (Phi) is 6.76. The Morgan fingerprint density at radius 1 is 1.18 bits per heavy atom. The molecule has 2 aromatic carbocycles. The summed E-state index contributed by atoms with van der Waals surface area (Å²) in [4.78, 5) is 24.3. The van der Waals surface area contributed by atoms with E-state index in [1.807, 2.05) is 32.0 Å². The predicted octanol–water partition coefficient (Wildman–Crippen LogP) is 2.01. The summed E-state index contributed by atoms with van der Waals surface area (Å²) >= 11 is 0. The average Bonchev–Trinajstić information content (AvgIpc) is 2.66. The number of nitrogens with one attached hydrogen (secondary N) is 1. The number of nitrogens with two attached hydrogens (primary N) is 1. The van der Waals surface area contributed by atoms with Gasteiger partial charge in [-0.25, -0.2) is 18.4 Å².